The molecule has 3 aromatic heterocycles. The van der Waals surface area contributed by atoms with Gasteiger partial charge in [-0.3, -0.25) is 4.57 Å². The zero-order valence-corrected chi connectivity index (χ0v) is 31.7. The highest BCUT2D eigenvalue weighted by Crippen LogP contribution is 2.37. The van der Waals surface area contributed by atoms with Crippen LogP contribution in [-0.2, 0) is 12.8 Å². The van der Waals surface area contributed by atoms with Gasteiger partial charge in [0.15, 0.2) is 0 Å². The molecule has 5 nitrogen and oxygen atoms in total. The maximum atomic E-state index is 6.63. The van der Waals surface area contributed by atoms with Crippen LogP contribution >= 0.6 is 0 Å². The molecule has 0 spiro atoms. The minimum absolute atomic E-state index is 0.375. The molecule has 0 radical (unpaired) electrons. The molecule has 0 saturated heterocycles. The van der Waals surface area contributed by atoms with Crippen LogP contribution in [-0.4, -0.2) is 19.3 Å². The molecule has 0 unspecified atom stereocenters. The minimum Gasteiger partial charge on any atom is -0.457 e. The van der Waals surface area contributed by atoms with E-state index in [4.69, 9.17) is 14.8 Å². The molecule has 5 heteroatoms. The summed E-state index contributed by atoms with van der Waals surface area (Å²) in [6, 6.07) is 36.6. The molecule has 0 aliphatic heterocycles. The molecule has 7 aromatic rings. The van der Waals surface area contributed by atoms with Gasteiger partial charge in [-0.1, -0.05) is 89.4 Å². The van der Waals surface area contributed by atoms with Crippen molar-refractivity contribution >= 4 is 21.8 Å². The third kappa shape index (κ3) is 7.69. The van der Waals surface area contributed by atoms with Crippen molar-refractivity contribution in [3.63, 3.8) is 0 Å². The van der Waals surface area contributed by atoms with Crippen LogP contribution in [0.2, 0.25) is 0 Å². The third-order valence-corrected chi connectivity index (χ3v) is 10.2. The first-order valence-corrected chi connectivity index (χ1v) is 19.1. The molecule has 0 aliphatic rings. The summed E-state index contributed by atoms with van der Waals surface area (Å²) < 4.78 is 11.0. The molecule has 0 N–H and O–H groups in total. The fourth-order valence-corrected chi connectivity index (χ4v) is 7.55. The van der Waals surface area contributed by atoms with E-state index in [0.717, 1.165) is 52.8 Å². The van der Waals surface area contributed by atoms with Crippen LogP contribution in [0.5, 0.6) is 11.5 Å². The fraction of sp³-hybridized carbons (Fsp3) is 0.319. The maximum Gasteiger partial charge on any atom is 0.137 e. The van der Waals surface area contributed by atoms with Crippen molar-refractivity contribution in [1.29, 1.82) is 0 Å². The monoisotopic (exact) mass is 688 g/mol. The molecule has 0 aliphatic carbocycles. The predicted octanol–water partition coefficient (Wildman–Crippen LogP) is 12.9. The lowest BCUT2D eigenvalue weighted by molar-refractivity contribution is 0.360. The van der Waals surface area contributed by atoms with E-state index < -0.39 is 0 Å². The SMILES string of the molecule is CCCCCc1ccnc(-n2c3ccc(CCCCC(C)(C)C)cc3c3ccc(Oc4cccc(-n5nc(C)c(-c6ccccc6)c5C)c4)cc32)c1. The van der Waals surface area contributed by atoms with Crippen molar-refractivity contribution in [3.8, 4) is 34.1 Å². The van der Waals surface area contributed by atoms with E-state index in [0.29, 0.717) is 5.41 Å². The number of nitrogens with zero attached hydrogens (tertiary/aromatic N) is 4. The van der Waals surface area contributed by atoms with Gasteiger partial charge in [0.25, 0.3) is 0 Å². The van der Waals surface area contributed by atoms with E-state index in [9.17, 15) is 0 Å². The van der Waals surface area contributed by atoms with E-state index >= 15 is 0 Å². The number of rotatable bonds is 13. The summed E-state index contributed by atoms with van der Waals surface area (Å²) in [5.41, 5.74) is 10.8. The second-order valence-electron chi connectivity index (χ2n) is 15.5. The Morgan fingerprint density at radius 3 is 2.23 bits per heavy atom. The van der Waals surface area contributed by atoms with Crippen molar-refractivity contribution in [2.75, 3.05) is 0 Å². The second kappa shape index (κ2) is 15.2. The average Bonchev–Trinajstić information content (AvgIpc) is 3.62. The Morgan fingerprint density at radius 1 is 0.673 bits per heavy atom. The molecule has 3 heterocycles. The first kappa shape index (κ1) is 35.3. The summed E-state index contributed by atoms with van der Waals surface area (Å²) in [7, 11) is 0. The van der Waals surface area contributed by atoms with Gasteiger partial charge in [0.1, 0.15) is 17.3 Å². The number of hydrogen-bond donors (Lipinski definition) is 0. The number of pyridine rings is 1. The summed E-state index contributed by atoms with van der Waals surface area (Å²) >= 11 is 0. The molecular formula is C47H52N4O. The number of aromatic nitrogens is 4. The largest absolute Gasteiger partial charge is 0.457 e. The van der Waals surface area contributed by atoms with E-state index in [1.807, 2.05) is 29.1 Å². The lowest BCUT2D eigenvalue weighted by Gasteiger charge is -2.17. The number of aryl methyl sites for hydroxylation is 3. The summed E-state index contributed by atoms with van der Waals surface area (Å²) in [5.74, 6) is 2.50. The lowest BCUT2D eigenvalue weighted by atomic mass is 9.89. The maximum absolute atomic E-state index is 6.63. The molecule has 4 aromatic carbocycles. The van der Waals surface area contributed by atoms with Crippen molar-refractivity contribution in [2.24, 2.45) is 5.41 Å². The quantitative estimate of drug-likeness (QED) is 0.113. The minimum atomic E-state index is 0.375. The number of unbranched alkanes of at least 4 members (excludes halogenated alkanes) is 3. The van der Waals surface area contributed by atoms with Gasteiger partial charge in [0.2, 0.25) is 0 Å². The number of ether oxygens (including phenoxy) is 1. The van der Waals surface area contributed by atoms with Crippen molar-refractivity contribution in [2.45, 2.75) is 92.9 Å². The van der Waals surface area contributed by atoms with Gasteiger partial charge < -0.3 is 4.74 Å². The van der Waals surface area contributed by atoms with Gasteiger partial charge in [-0.15, -0.1) is 0 Å². The Balaban J connectivity index is 1.24. The Labute approximate surface area is 309 Å². The standard InChI is InChI=1S/C47H52N4O/c1-7-8-10-16-36-26-28-48-45(30-36)50-43-25-22-35(17-13-14-27-47(4,5)6)29-42(43)41-24-23-40(32-44(41)50)52-39-21-15-20-38(31-39)51-34(3)46(33(2)49-51)37-18-11-9-12-19-37/h9,11-12,15,18-26,28-32H,7-8,10,13-14,16-17,27H2,1-6H3. The van der Waals surface area contributed by atoms with E-state index in [2.05, 4.69) is 131 Å². The van der Waals surface area contributed by atoms with Gasteiger partial charge in [-0.2, -0.15) is 5.10 Å². The van der Waals surface area contributed by atoms with Gasteiger partial charge in [0.05, 0.1) is 22.4 Å². The summed E-state index contributed by atoms with van der Waals surface area (Å²) in [6.07, 6.45) is 11.4. The van der Waals surface area contributed by atoms with Crippen LogP contribution in [0.1, 0.15) is 88.7 Å². The predicted molar refractivity (Wildman–Crippen MR) is 217 cm³/mol. The van der Waals surface area contributed by atoms with Gasteiger partial charge in [-0.25, -0.2) is 9.67 Å². The van der Waals surface area contributed by atoms with Crippen LogP contribution in [0.3, 0.4) is 0 Å². The number of benzene rings is 4. The number of fused-ring (bicyclic) bond motifs is 3. The normalized spacial score (nSPS) is 11.9. The Hall–Kier alpha value is -5.16. The zero-order valence-electron chi connectivity index (χ0n) is 31.7. The number of hydrogen-bond acceptors (Lipinski definition) is 3. The van der Waals surface area contributed by atoms with Crippen LogP contribution in [0, 0.1) is 19.3 Å². The summed E-state index contributed by atoms with van der Waals surface area (Å²) in [5, 5.41) is 7.41. The molecule has 52 heavy (non-hydrogen) atoms. The fourth-order valence-electron chi connectivity index (χ4n) is 7.55. The third-order valence-electron chi connectivity index (χ3n) is 10.2. The second-order valence-corrected chi connectivity index (χ2v) is 15.5. The highest BCUT2D eigenvalue weighted by Gasteiger charge is 2.18. The molecule has 7 rings (SSSR count). The van der Waals surface area contributed by atoms with Gasteiger partial charge in [0, 0.05) is 40.4 Å². The van der Waals surface area contributed by atoms with Crippen LogP contribution in [0.15, 0.2) is 109 Å². The van der Waals surface area contributed by atoms with E-state index in [-0.39, 0.29) is 0 Å². The molecule has 0 bridgehead atoms. The smallest absolute Gasteiger partial charge is 0.137 e. The van der Waals surface area contributed by atoms with Gasteiger partial charge in [-0.05, 0) is 117 Å². The van der Waals surface area contributed by atoms with Crippen LogP contribution in [0.25, 0.3) is 44.4 Å². The van der Waals surface area contributed by atoms with E-state index in [1.54, 1.807) is 0 Å². The van der Waals surface area contributed by atoms with E-state index in [1.165, 1.54) is 77.1 Å². The topological polar surface area (TPSA) is 44.9 Å². The van der Waals surface area contributed by atoms with Crippen molar-refractivity contribution in [3.05, 3.63) is 132 Å². The zero-order chi connectivity index (χ0) is 36.2. The van der Waals surface area contributed by atoms with Crippen LogP contribution < -0.4 is 4.74 Å². The molecule has 0 saturated carbocycles. The molecular weight excluding hydrogens is 637 g/mol. The van der Waals surface area contributed by atoms with Crippen molar-refractivity contribution in [1.82, 2.24) is 19.3 Å². The van der Waals surface area contributed by atoms with Gasteiger partial charge >= 0.3 is 0 Å². The summed E-state index contributed by atoms with van der Waals surface area (Å²) in [4.78, 5) is 4.93. The molecule has 266 valence electrons. The summed E-state index contributed by atoms with van der Waals surface area (Å²) in [6.45, 7) is 13.5. The highest BCUT2D eigenvalue weighted by molar-refractivity contribution is 6.09. The molecule has 0 atom stereocenters. The average molecular weight is 689 g/mol. The highest BCUT2D eigenvalue weighted by atomic mass is 16.5. The first-order valence-electron chi connectivity index (χ1n) is 19.1. The molecule has 0 amide bonds. The molecule has 0 fully saturated rings. The Bertz CT molecular complexity index is 2300. The lowest BCUT2D eigenvalue weighted by Crippen LogP contribution is -2.04. The van der Waals surface area contributed by atoms with Crippen LogP contribution in [0.4, 0.5) is 0 Å². The Morgan fingerprint density at radius 2 is 1.44 bits per heavy atom. The first-order chi connectivity index (χ1) is 25.2. The van der Waals surface area contributed by atoms with Crippen molar-refractivity contribution < 1.29 is 4.74 Å². The Kier molecular flexibility index (Phi) is 10.3.